The SMILES string of the molecule is CC(C)(C)C#CC12OC1CC(C)(C)CC2=O. The molecule has 0 spiro atoms. The van der Waals surface area contributed by atoms with Gasteiger partial charge in [0, 0.05) is 11.8 Å². The summed E-state index contributed by atoms with van der Waals surface area (Å²) in [6.45, 7) is 10.4. The Morgan fingerprint density at radius 2 is 2.00 bits per heavy atom. The number of hydrogen-bond donors (Lipinski definition) is 0. The van der Waals surface area contributed by atoms with Crippen LogP contribution in [0, 0.1) is 22.7 Å². The summed E-state index contributed by atoms with van der Waals surface area (Å²) in [6.07, 6.45) is 1.57. The van der Waals surface area contributed by atoms with Crippen LogP contribution in [0.3, 0.4) is 0 Å². The van der Waals surface area contributed by atoms with E-state index < -0.39 is 5.60 Å². The fraction of sp³-hybridized carbons (Fsp3) is 0.786. The second-order valence-corrected chi connectivity index (χ2v) is 6.81. The van der Waals surface area contributed by atoms with Gasteiger partial charge in [0.2, 0.25) is 5.60 Å². The number of ketones is 1. The van der Waals surface area contributed by atoms with Crippen molar-refractivity contribution in [1.82, 2.24) is 0 Å². The topological polar surface area (TPSA) is 29.6 Å². The molecule has 2 nitrogen and oxygen atoms in total. The minimum Gasteiger partial charge on any atom is -0.345 e. The number of Topliss-reactive ketones (excluding diaryl/α,β-unsaturated/α-hetero) is 1. The number of carbonyl (C=O) groups is 1. The van der Waals surface area contributed by atoms with Crippen LogP contribution in [0.25, 0.3) is 0 Å². The van der Waals surface area contributed by atoms with Crippen LogP contribution < -0.4 is 0 Å². The Morgan fingerprint density at radius 1 is 1.38 bits per heavy atom. The fourth-order valence-corrected chi connectivity index (χ4v) is 2.22. The van der Waals surface area contributed by atoms with E-state index in [4.69, 9.17) is 4.74 Å². The summed E-state index contributed by atoms with van der Waals surface area (Å²) < 4.78 is 5.59. The molecule has 1 aliphatic heterocycles. The number of epoxide rings is 1. The summed E-state index contributed by atoms with van der Waals surface area (Å²) >= 11 is 0. The van der Waals surface area contributed by atoms with Gasteiger partial charge in [-0.1, -0.05) is 25.7 Å². The lowest BCUT2D eigenvalue weighted by Gasteiger charge is -2.27. The van der Waals surface area contributed by atoms with E-state index in [9.17, 15) is 4.79 Å². The van der Waals surface area contributed by atoms with Crippen LogP contribution in [0.5, 0.6) is 0 Å². The van der Waals surface area contributed by atoms with Crippen molar-refractivity contribution in [2.45, 2.75) is 59.2 Å². The normalized spacial score (nSPS) is 36.1. The molecular formula is C14H20O2. The zero-order chi connectivity index (χ0) is 12.2. The van der Waals surface area contributed by atoms with Crippen molar-refractivity contribution in [3.05, 3.63) is 0 Å². The maximum absolute atomic E-state index is 12.1. The smallest absolute Gasteiger partial charge is 0.213 e. The van der Waals surface area contributed by atoms with Gasteiger partial charge in [0.25, 0.3) is 0 Å². The molecular weight excluding hydrogens is 200 g/mol. The van der Waals surface area contributed by atoms with Gasteiger partial charge in [0.05, 0.1) is 0 Å². The van der Waals surface area contributed by atoms with E-state index in [-0.39, 0.29) is 22.7 Å². The average Bonchev–Trinajstić information content (AvgIpc) is 2.73. The Kier molecular flexibility index (Phi) is 2.27. The number of hydrogen-bond acceptors (Lipinski definition) is 2. The van der Waals surface area contributed by atoms with E-state index in [1.165, 1.54) is 0 Å². The van der Waals surface area contributed by atoms with E-state index >= 15 is 0 Å². The Morgan fingerprint density at radius 3 is 2.50 bits per heavy atom. The van der Waals surface area contributed by atoms with Crippen molar-refractivity contribution in [3.63, 3.8) is 0 Å². The molecule has 2 atom stereocenters. The van der Waals surface area contributed by atoms with Crippen LogP contribution >= 0.6 is 0 Å². The second-order valence-electron chi connectivity index (χ2n) is 6.81. The Labute approximate surface area is 97.7 Å². The van der Waals surface area contributed by atoms with Gasteiger partial charge < -0.3 is 4.74 Å². The predicted octanol–water partition coefficient (Wildman–Crippen LogP) is 2.56. The molecule has 2 aliphatic rings. The molecule has 0 radical (unpaired) electrons. The molecule has 2 fully saturated rings. The molecule has 1 aliphatic carbocycles. The predicted molar refractivity (Wildman–Crippen MR) is 62.9 cm³/mol. The Balaban J connectivity index is 2.19. The lowest BCUT2D eigenvalue weighted by Crippen LogP contribution is -2.37. The van der Waals surface area contributed by atoms with Crippen molar-refractivity contribution in [3.8, 4) is 11.8 Å². The summed E-state index contributed by atoms with van der Waals surface area (Å²) in [4.78, 5) is 12.1. The zero-order valence-electron chi connectivity index (χ0n) is 10.8. The molecule has 0 N–H and O–H groups in total. The molecule has 0 aromatic heterocycles. The van der Waals surface area contributed by atoms with Crippen molar-refractivity contribution in [1.29, 1.82) is 0 Å². The van der Waals surface area contributed by atoms with Crippen molar-refractivity contribution in [2.75, 3.05) is 0 Å². The lowest BCUT2D eigenvalue weighted by atomic mass is 9.72. The molecule has 2 heteroatoms. The summed E-state index contributed by atoms with van der Waals surface area (Å²) in [6, 6.07) is 0. The fourth-order valence-electron chi connectivity index (χ4n) is 2.22. The van der Waals surface area contributed by atoms with E-state index in [2.05, 4.69) is 25.7 Å². The number of fused-ring (bicyclic) bond motifs is 1. The summed E-state index contributed by atoms with van der Waals surface area (Å²) in [5, 5.41) is 0. The third-order valence-electron chi connectivity index (χ3n) is 3.14. The first-order valence-corrected chi connectivity index (χ1v) is 5.90. The molecule has 2 rings (SSSR count). The molecule has 1 saturated carbocycles. The number of carbonyl (C=O) groups excluding carboxylic acids is 1. The first-order chi connectivity index (χ1) is 7.15. The number of rotatable bonds is 0. The number of ether oxygens (including phenoxy) is 1. The van der Waals surface area contributed by atoms with Gasteiger partial charge in [0.15, 0.2) is 5.78 Å². The minimum atomic E-state index is -0.733. The van der Waals surface area contributed by atoms with Crippen LogP contribution in [0.2, 0.25) is 0 Å². The van der Waals surface area contributed by atoms with Gasteiger partial charge in [-0.15, -0.1) is 0 Å². The molecule has 1 saturated heterocycles. The lowest BCUT2D eigenvalue weighted by molar-refractivity contribution is -0.124. The van der Waals surface area contributed by atoms with Crippen LogP contribution in [-0.2, 0) is 9.53 Å². The summed E-state index contributed by atoms with van der Waals surface area (Å²) in [7, 11) is 0. The van der Waals surface area contributed by atoms with E-state index in [1.54, 1.807) is 0 Å². The third-order valence-corrected chi connectivity index (χ3v) is 3.14. The van der Waals surface area contributed by atoms with E-state index in [0.717, 1.165) is 6.42 Å². The van der Waals surface area contributed by atoms with E-state index in [1.807, 2.05) is 20.8 Å². The molecule has 1 heterocycles. The largest absolute Gasteiger partial charge is 0.345 e. The minimum absolute atomic E-state index is 0.0404. The highest BCUT2D eigenvalue weighted by molar-refractivity contribution is 5.95. The zero-order valence-corrected chi connectivity index (χ0v) is 10.8. The molecule has 16 heavy (non-hydrogen) atoms. The maximum Gasteiger partial charge on any atom is 0.213 e. The van der Waals surface area contributed by atoms with Crippen molar-refractivity contribution >= 4 is 5.78 Å². The van der Waals surface area contributed by atoms with Gasteiger partial charge in [-0.2, -0.15) is 0 Å². The first-order valence-electron chi connectivity index (χ1n) is 5.90. The van der Waals surface area contributed by atoms with Gasteiger partial charge in [-0.25, -0.2) is 0 Å². The highest BCUT2D eigenvalue weighted by atomic mass is 16.6. The quantitative estimate of drug-likeness (QED) is 0.464. The third kappa shape index (κ3) is 2.01. The maximum atomic E-state index is 12.1. The summed E-state index contributed by atoms with van der Waals surface area (Å²) in [5.41, 5.74) is -0.730. The van der Waals surface area contributed by atoms with Crippen LogP contribution in [0.1, 0.15) is 47.5 Å². The van der Waals surface area contributed by atoms with Crippen LogP contribution in [0.15, 0.2) is 0 Å². The Hall–Kier alpha value is -0.810. The van der Waals surface area contributed by atoms with Crippen molar-refractivity contribution in [2.24, 2.45) is 10.8 Å². The standard InChI is InChI=1S/C14H20O2/c1-12(2,3)6-7-14-10(15)8-13(4,5)9-11(14)16-14/h11H,8-9H2,1-5H3. The highest BCUT2D eigenvalue weighted by Crippen LogP contribution is 2.51. The molecule has 0 aromatic rings. The van der Waals surface area contributed by atoms with Gasteiger partial charge >= 0.3 is 0 Å². The molecule has 88 valence electrons. The van der Waals surface area contributed by atoms with E-state index in [0.29, 0.717) is 6.42 Å². The molecule has 0 aromatic carbocycles. The molecule has 0 bridgehead atoms. The Bertz CT molecular complexity index is 389. The van der Waals surface area contributed by atoms with Crippen molar-refractivity contribution < 1.29 is 9.53 Å². The van der Waals surface area contributed by atoms with Crippen LogP contribution in [0.4, 0.5) is 0 Å². The summed E-state index contributed by atoms with van der Waals surface area (Å²) in [5.74, 6) is 6.39. The molecule has 0 amide bonds. The average molecular weight is 220 g/mol. The van der Waals surface area contributed by atoms with Gasteiger partial charge in [-0.3, -0.25) is 4.79 Å². The monoisotopic (exact) mass is 220 g/mol. The second kappa shape index (κ2) is 3.11. The van der Waals surface area contributed by atoms with Gasteiger partial charge in [-0.05, 0) is 32.6 Å². The van der Waals surface area contributed by atoms with Gasteiger partial charge in [0.1, 0.15) is 6.10 Å². The highest BCUT2D eigenvalue weighted by Gasteiger charge is 2.65. The van der Waals surface area contributed by atoms with Crippen LogP contribution in [-0.4, -0.2) is 17.5 Å². The molecule has 2 unspecified atom stereocenters. The first kappa shape index (κ1) is 11.7.